The number of nitrogen functional groups attached to an aromatic ring is 1. The van der Waals surface area contributed by atoms with Gasteiger partial charge in [0, 0.05) is 17.1 Å². The SMILES string of the molecule is CC(C)(C)NS(=O)(=O)c1cc(C(=O)NC2C3(C)CCC(C3)C2(C)C)ccc1N. The molecule has 0 radical (unpaired) electrons. The van der Waals surface area contributed by atoms with E-state index in [9.17, 15) is 13.2 Å². The Morgan fingerprint density at radius 1 is 1.21 bits per heavy atom. The normalized spacial score (nSPS) is 29.1. The molecule has 1 aromatic rings. The number of benzene rings is 1. The van der Waals surface area contributed by atoms with Crippen molar-refractivity contribution in [2.45, 2.75) is 77.3 Å². The van der Waals surface area contributed by atoms with Crippen molar-refractivity contribution >= 4 is 21.6 Å². The molecule has 1 amide bonds. The van der Waals surface area contributed by atoms with Crippen molar-refractivity contribution in [2.24, 2.45) is 16.7 Å². The van der Waals surface area contributed by atoms with E-state index in [4.69, 9.17) is 5.73 Å². The maximum atomic E-state index is 13.0. The molecule has 156 valence electrons. The van der Waals surface area contributed by atoms with E-state index in [-0.39, 0.29) is 33.4 Å². The Bertz CT molecular complexity index is 897. The molecule has 3 unspecified atom stereocenters. The molecular formula is C21H33N3O3S. The molecule has 0 spiro atoms. The lowest BCUT2D eigenvalue weighted by Crippen LogP contribution is -2.52. The summed E-state index contributed by atoms with van der Waals surface area (Å²) in [6.45, 7) is 12.0. The number of amides is 1. The zero-order chi connectivity index (χ0) is 21.1. The number of carbonyl (C=O) groups is 1. The Labute approximate surface area is 168 Å². The van der Waals surface area contributed by atoms with E-state index in [2.05, 4.69) is 30.8 Å². The molecule has 1 aromatic carbocycles. The molecule has 6 nitrogen and oxygen atoms in total. The van der Waals surface area contributed by atoms with Gasteiger partial charge < -0.3 is 11.1 Å². The van der Waals surface area contributed by atoms with Crippen LogP contribution in [0.25, 0.3) is 0 Å². The van der Waals surface area contributed by atoms with E-state index < -0.39 is 15.6 Å². The van der Waals surface area contributed by atoms with E-state index in [0.29, 0.717) is 11.5 Å². The highest BCUT2D eigenvalue weighted by atomic mass is 32.2. The van der Waals surface area contributed by atoms with Gasteiger partial charge in [0.2, 0.25) is 10.0 Å². The Hall–Kier alpha value is -1.60. The first kappa shape index (κ1) is 21.1. The largest absolute Gasteiger partial charge is 0.398 e. The molecule has 3 atom stereocenters. The summed E-state index contributed by atoms with van der Waals surface area (Å²) < 4.78 is 28.0. The van der Waals surface area contributed by atoms with Gasteiger partial charge in [-0.2, -0.15) is 0 Å². The molecule has 28 heavy (non-hydrogen) atoms. The summed E-state index contributed by atoms with van der Waals surface area (Å²) in [6, 6.07) is 4.52. The van der Waals surface area contributed by atoms with Crippen molar-refractivity contribution < 1.29 is 13.2 Å². The number of fused-ring (bicyclic) bond motifs is 2. The van der Waals surface area contributed by atoms with Crippen LogP contribution >= 0.6 is 0 Å². The predicted molar refractivity (Wildman–Crippen MR) is 111 cm³/mol. The highest BCUT2D eigenvalue weighted by Crippen LogP contribution is 2.62. The van der Waals surface area contributed by atoms with Crippen molar-refractivity contribution in [1.82, 2.24) is 10.0 Å². The molecule has 0 aromatic heterocycles. The second-order valence-corrected chi connectivity index (χ2v) is 12.1. The molecule has 0 heterocycles. The zero-order valence-corrected chi connectivity index (χ0v) is 18.5. The predicted octanol–water partition coefficient (Wildman–Crippen LogP) is 3.29. The fourth-order valence-electron chi connectivity index (χ4n) is 5.24. The second-order valence-electron chi connectivity index (χ2n) is 10.4. The molecule has 0 aliphatic heterocycles. The van der Waals surface area contributed by atoms with E-state index in [1.807, 2.05) is 0 Å². The van der Waals surface area contributed by atoms with Gasteiger partial charge in [-0.25, -0.2) is 13.1 Å². The molecule has 2 bridgehead atoms. The second kappa shape index (κ2) is 6.46. The highest BCUT2D eigenvalue weighted by Gasteiger charge is 2.59. The van der Waals surface area contributed by atoms with Crippen molar-refractivity contribution in [3.63, 3.8) is 0 Å². The Morgan fingerprint density at radius 2 is 1.86 bits per heavy atom. The van der Waals surface area contributed by atoms with Gasteiger partial charge in [-0.05, 0) is 75.0 Å². The van der Waals surface area contributed by atoms with Gasteiger partial charge in [0.25, 0.3) is 5.91 Å². The molecule has 2 aliphatic rings. The molecular weight excluding hydrogens is 374 g/mol. The quantitative estimate of drug-likeness (QED) is 0.667. The summed E-state index contributed by atoms with van der Waals surface area (Å²) in [4.78, 5) is 13.0. The number of nitrogens with two attached hydrogens (primary N) is 1. The summed E-state index contributed by atoms with van der Waals surface area (Å²) in [5.74, 6) is 0.361. The van der Waals surface area contributed by atoms with Crippen LogP contribution in [0.1, 0.15) is 71.2 Å². The first-order chi connectivity index (χ1) is 12.7. The van der Waals surface area contributed by atoms with Gasteiger partial charge in [0.05, 0.1) is 5.69 Å². The Morgan fingerprint density at radius 3 is 2.39 bits per heavy atom. The van der Waals surface area contributed by atoms with Gasteiger partial charge in [-0.3, -0.25) is 4.79 Å². The summed E-state index contributed by atoms with van der Waals surface area (Å²) in [5, 5.41) is 3.21. The zero-order valence-electron chi connectivity index (χ0n) is 17.7. The van der Waals surface area contributed by atoms with Crippen molar-refractivity contribution in [3.8, 4) is 0 Å². The van der Waals surface area contributed by atoms with E-state index in [1.165, 1.54) is 18.6 Å². The Balaban J connectivity index is 1.88. The van der Waals surface area contributed by atoms with E-state index in [0.717, 1.165) is 12.8 Å². The first-order valence-corrected chi connectivity index (χ1v) is 11.4. The monoisotopic (exact) mass is 407 g/mol. The minimum atomic E-state index is -3.83. The van der Waals surface area contributed by atoms with Crippen LogP contribution in [0.5, 0.6) is 0 Å². The standard InChI is InChI=1S/C21H33N3O3S/c1-19(2,3)24-28(26,27)16-11-13(7-8-15(16)22)17(25)23-18-20(4,5)14-9-10-21(18,6)12-14/h7-8,11,14,18,24H,9-10,12,22H2,1-6H3,(H,23,25). The fourth-order valence-corrected chi connectivity index (χ4v) is 6.82. The highest BCUT2D eigenvalue weighted by molar-refractivity contribution is 7.89. The molecule has 2 saturated carbocycles. The first-order valence-electron chi connectivity index (χ1n) is 9.90. The van der Waals surface area contributed by atoms with Crippen molar-refractivity contribution in [2.75, 3.05) is 5.73 Å². The van der Waals surface area contributed by atoms with Crippen LogP contribution in [-0.4, -0.2) is 25.9 Å². The number of sulfonamides is 1. The van der Waals surface area contributed by atoms with Gasteiger partial charge in [0.1, 0.15) is 4.90 Å². The van der Waals surface area contributed by atoms with Gasteiger partial charge in [-0.15, -0.1) is 0 Å². The van der Waals surface area contributed by atoms with Crippen molar-refractivity contribution in [1.29, 1.82) is 0 Å². The molecule has 7 heteroatoms. The van der Waals surface area contributed by atoms with E-state index in [1.54, 1.807) is 26.8 Å². The maximum absolute atomic E-state index is 13.0. The third-order valence-electron chi connectivity index (χ3n) is 6.55. The lowest BCUT2D eigenvalue weighted by atomic mass is 9.68. The molecule has 4 N–H and O–H groups in total. The lowest BCUT2D eigenvalue weighted by Gasteiger charge is -2.43. The summed E-state index contributed by atoms with van der Waals surface area (Å²) in [7, 11) is -3.83. The van der Waals surface area contributed by atoms with Crippen LogP contribution in [0.2, 0.25) is 0 Å². The maximum Gasteiger partial charge on any atom is 0.251 e. The van der Waals surface area contributed by atoms with E-state index >= 15 is 0 Å². The van der Waals surface area contributed by atoms with Crippen LogP contribution in [0.3, 0.4) is 0 Å². The number of nitrogens with one attached hydrogen (secondary N) is 2. The molecule has 3 rings (SSSR count). The average molecular weight is 408 g/mol. The van der Waals surface area contributed by atoms with Gasteiger partial charge in [0.15, 0.2) is 0 Å². The van der Waals surface area contributed by atoms with Gasteiger partial charge >= 0.3 is 0 Å². The third kappa shape index (κ3) is 3.66. The number of hydrogen-bond donors (Lipinski definition) is 3. The minimum Gasteiger partial charge on any atom is -0.398 e. The summed E-state index contributed by atoms with van der Waals surface area (Å²) in [6.07, 6.45) is 3.45. The van der Waals surface area contributed by atoms with Gasteiger partial charge in [-0.1, -0.05) is 20.8 Å². The third-order valence-corrected chi connectivity index (χ3v) is 8.36. The molecule has 0 saturated heterocycles. The van der Waals surface area contributed by atoms with Crippen LogP contribution in [0.4, 0.5) is 5.69 Å². The summed E-state index contributed by atoms with van der Waals surface area (Å²) in [5.41, 5.74) is 5.83. The smallest absolute Gasteiger partial charge is 0.251 e. The number of carbonyl (C=O) groups excluding carboxylic acids is 1. The van der Waals surface area contributed by atoms with Crippen molar-refractivity contribution in [3.05, 3.63) is 23.8 Å². The van der Waals surface area contributed by atoms with Crippen LogP contribution in [-0.2, 0) is 10.0 Å². The number of anilines is 1. The molecule has 2 aliphatic carbocycles. The van der Waals surface area contributed by atoms with Crippen LogP contribution in [0.15, 0.2) is 23.1 Å². The topological polar surface area (TPSA) is 101 Å². The van der Waals surface area contributed by atoms with Crippen LogP contribution < -0.4 is 15.8 Å². The molecule has 2 fully saturated rings. The average Bonchev–Trinajstić information content (AvgIpc) is 3.00. The minimum absolute atomic E-state index is 0.0269. The fraction of sp³-hybridized carbons (Fsp3) is 0.667. The number of rotatable bonds is 4. The lowest BCUT2D eigenvalue weighted by molar-refractivity contribution is 0.0737. The number of hydrogen-bond acceptors (Lipinski definition) is 4. The van der Waals surface area contributed by atoms with Crippen LogP contribution in [0, 0.1) is 16.7 Å². The Kier molecular flexibility index (Phi) is 4.87. The summed E-state index contributed by atoms with van der Waals surface area (Å²) >= 11 is 0.